The number of anilines is 1. The molecule has 0 amide bonds. The first-order chi connectivity index (χ1) is 18.2. The van der Waals surface area contributed by atoms with E-state index in [0.717, 1.165) is 44.5 Å². The number of aromatic nitrogens is 1. The molecule has 0 unspecified atom stereocenters. The van der Waals surface area contributed by atoms with Crippen LogP contribution >= 0.6 is 0 Å². The van der Waals surface area contributed by atoms with Gasteiger partial charge in [-0.2, -0.15) is 0 Å². The fourth-order valence-corrected chi connectivity index (χ4v) is 4.94. The number of nitrogens with one attached hydrogen (secondary N) is 2. The maximum absolute atomic E-state index is 12.5. The fraction of sp³-hybridized carbons (Fsp3) is 0.333. The van der Waals surface area contributed by atoms with Crippen LogP contribution in [0.3, 0.4) is 0 Å². The van der Waals surface area contributed by atoms with Crippen LogP contribution < -0.4 is 16.4 Å². The molecule has 7 nitrogen and oxygen atoms in total. The minimum atomic E-state index is -0.530. The number of rotatable bonds is 10. The summed E-state index contributed by atoms with van der Waals surface area (Å²) in [7, 11) is 0. The van der Waals surface area contributed by atoms with Crippen molar-refractivity contribution in [1.82, 2.24) is 9.88 Å². The molecule has 2 N–H and O–H groups in total. The zero-order valence-corrected chi connectivity index (χ0v) is 20.9. The highest BCUT2D eigenvalue weighted by molar-refractivity contribution is 5.86. The van der Waals surface area contributed by atoms with E-state index in [1.54, 1.807) is 6.07 Å². The van der Waals surface area contributed by atoms with Crippen LogP contribution in [-0.4, -0.2) is 23.6 Å². The van der Waals surface area contributed by atoms with Crippen LogP contribution in [0.5, 0.6) is 0 Å². The van der Waals surface area contributed by atoms with Gasteiger partial charge in [-0.3, -0.25) is 4.79 Å². The van der Waals surface area contributed by atoms with Crippen molar-refractivity contribution in [2.45, 2.75) is 45.4 Å². The molecule has 1 aliphatic rings. The Morgan fingerprint density at radius 2 is 1.70 bits per heavy atom. The molecule has 1 fully saturated rings. The average Bonchev–Trinajstić information content (AvgIpc) is 3.28. The molecule has 1 aromatic heterocycles. The summed E-state index contributed by atoms with van der Waals surface area (Å²) in [5, 5.41) is 6.81. The van der Waals surface area contributed by atoms with E-state index in [0.29, 0.717) is 17.6 Å². The second kappa shape index (κ2) is 11.9. The SMILES string of the molecule is O=C(OCn1c(=O)oc2c(NCCNCc3cccc(-c4ccccc4)c3)cccc21)C1CCCCC1. The van der Waals surface area contributed by atoms with E-state index in [1.165, 1.54) is 27.7 Å². The second-order valence-electron chi connectivity index (χ2n) is 9.55. The van der Waals surface area contributed by atoms with E-state index < -0.39 is 5.76 Å². The normalized spacial score (nSPS) is 14.1. The number of benzene rings is 3. The Balaban J connectivity index is 1.14. The van der Waals surface area contributed by atoms with Crippen LogP contribution in [0.25, 0.3) is 22.2 Å². The van der Waals surface area contributed by atoms with Crippen LogP contribution in [0.4, 0.5) is 5.69 Å². The first-order valence-corrected chi connectivity index (χ1v) is 13.1. The Hall–Kier alpha value is -3.84. The molecule has 4 aromatic rings. The Kier molecular flexibility index (Phi) is 8.01. The van der Waals surface area contributed by atoms with Gasteiger partial charge in [0.15, 0.2) is 12.3 Å². The lowest BCUT2D eigenvalue weighted by Gasteiger charge is -2.19. The molecule has 1 aliphatic carbocycles. The van der Waals surface area contributed by atoms with Crippen LogP contribution in [-0.2, 0) is 22.8 Å². The van der Waals surface area contributed by atoms with Gasteiger partial charge in [-0.25, -0.2) is 9.36 Å². The summed E-state index contributed by atoms with van der Waals surface area (Å²) in [5.74, 6) is -0.819. The van der Waals surface area contributed by atoms with E-state index in [2.05, 4.69) is 47.0 Å². The predicted molar refractivity (Wildman–Crippen MR) is 145 cm³/mol. The van der Waals surface area contributed by atoms with E-state index >= 15 is 0 Å². The summed E-state index contributed by atoms with van der Waals surface area (Å²) < 4.78 is 12.4. The molecule has 1 heterocycles. The van der Waals surface area contributed by atoms with Gasteiger partial charge in [-0.1, -0.05) is 73.9 Å². The zero-order valence-electron chi connectivity index (χ0n) is 20.9. The molecule has 37 heavy (non-hydrogen) atoms. The third kappa shape index (κ3) is 6.12. The molecular weight excluding hydrogens is 466 g/mol. The molecule has 1 saturated carbocycles. The van der Waals surface area contributed by atoms with Crippen LogP contribution in [0.15, 0.2) is 82.0 Å². The molecule has 0 spiro atoms. The van der Waals surface area contributed by atoms with Crippen molar-refractivity contribution in [3.05, 3.63) is 88.9 Å². The number of fused-ring (bicyclic) bond motifs is 1. The minimum Gasteiger partial charge on any atom is -0.443 e. The topological polar surface area (TPSA) is 85.5 Å². The van der Waals surface area contributed by atoms with Crippen molar-refractivity contribution in [2.24, 2.45) is 5.92 Å². The number of hydrogen-bond donors (Lipinski definition) is 2. The molecule has 3 aromatic carbocycles. The molecule has 5 rings (SSSR count). The number of hydrogen-bond acceptors (Lipinski definition) is 6. The van der Waals surface area contributed by atoms with Crippen molar-refractivity contribution in [3.8, 4) is 11.1 Å². The third-order valence-electron chi connectivity index (χ3n) is 6.95. The van der Waals surface area contributed by atoms with E-state index in [4.69, 9.17) is 9.15 Å². The fourth-order valence-electron chi connectivity index (χ4n) is 4.94. The first kappa shape index (κ1) is 24.8. The van der Waals surface area contributed by atoms with E-state index in [9.17, 15) is 9.59 Å². The van der Waals surface area contributed by atoms with E-state index in [1.807, 2.05) is 30.3 Å². The number of ether oxygens (including phenoxy) is 1. The Morgan fingerprint density at radius 1 is 0.919 bits per heavy atom. The first-order valence-electron chi connectivity index (χ1n) is 13.1. The summed E-state index contributed by atoms with van der Waals surface area (Å²) in [6, 6.07) is 24.4. The molecule has 7 heteroatoms. The Morgan fingerprint density at radius 3 is 2.54 bits per heavy atom. The van der Waals surface area contributed by atoms with Crippen LogP contribution in [0, 0.1) is 5.92 Å². The summed E-state index contributed by atoms with van der Waals surface area (Å²) in [6.07, 6.45) is 5.00. The van der Waals surface area contributed by atoms with Gasteiger partial charge in [-0.15, -0.1) is 0 Å². The highest BCUT2D eigenvalue weighted by Crippen LogP contribution is 2.26. The molecule has 192 valence electrons. The highest BCUT2D eigenvalue weighted by Gasteiger charge is 2.23. The summed E-state index contributed by atoms with van der Waals surface area (Å²) in [4.78, 5) is 24.9. The molecular formula is C30H33N3O4. The number of esters is 1. The van der Waals surface area contributed by atoms with Crippen LogP contribution in [0.1, 0.15) is 37.7 Å². The standard InChI is InChI=1S/C30H33N3O4/c34-29(24-12-5-2-6-13-24)36-21-33-27-16-8-15-26(28(27)37-30(33)35)32-18-17-31-20-22-9-7-14-25(19-22)23-10-3-1-4-11-23/h1,3-4,7-11,14-16,19,24,31-32H,2,5-6,12-13,17-18,20-21H2. The van der Waals surface area contributed by atoms with Gasteiger partial charge < -0.3 is 19.8 Å². The number of para-hydroxylation sites is 1. The number of oxazole rings is 1. The monoisotopic (exact) mass is 499 g/mol. The van der Waals surface area contributed by atoms with Crippen molar-refractivity contribution in [1.29, 1.82) is 0 Å². The summed E-state index contributed by atoms with van der Waals surface area (Å²) in [5.41, 5.74) is 5.44. The van der Waals surface area contributed by atoms with E-state index in [-0.39, 0.29) is 18.6 Å². The van der Waals surface area contributed by atoms with Crippen molar-refractivity contribution in [3.63, 3.8) is 0 Å². The lowest BCUT2D eigenvalue weighted by atomic mass is 9.89. The second-order valence-corrected chi connectivity index (χ2v) is 9.55. The maximum Gasteiger partial charge on any atom is 0.422 e. The Labute approximate surface area is 216 Å². The lowest BCUT2D eigenvalue weighted by Crippen LogP contribution is -2.24. The van der Waals surface area contributed by atoms with Gasteiger partial charge in [-0.05, 0) is 47.7 Å². The smallest absolute Gasteiger partial charge is 0.422 e. The maximum atomic E-state index is 12.5. The minimum absolute atomic E-state index is 0.0619. The number of carbonyl (C=O) groups excluding carboxylic acids is 1. The van der Waals surface area contributed by atoms with Crippen molar-refractivity contribution in [2.75, 3.05) is 18.4 Å². The highest BCUT2D eigenvalue weighted by atomic mass is 16.5. The van der Waals surface area contributed by atoms with Gasteiger partial charge in [0, 0.05) is 19.6 Å². The van der Waals surface area contributed by atoms with Gasteiger partial charge >= 0.3 is 11.7 Å². The number of nitrogens with zero attached hydrogens (tertiary/aromatic N) is 1. The summed E-state index contributed by atoms with van der Waals surface area (Å²) in [6.45, 7) is 2.01. The quantitative estimate of drug-likeness (QED) is 0.220. The average molecular weight is 500 g/mol. The van der Waals surface area contributed by atoms with Gasteiger partial charge in [0.2, 0.25) is 0 Å². The largest absolute Gasteiger partial charge is 0.443 e. The third-order valence-corrected chi connectivity index (χ3v) is 6.95. The van der Waals surface area contributed by atoms with Crippen molar-refractivity contribution < 1.29 is 13.9 Å². The summed E-state index contributed by atoms with van der Waals surface area (Å²) >= 11 is 0. The van der Waals surface area contributed by atoms with Gasteiger partial charge in [0.05, 0.1) is 17.1 Å². The predicted octanol–water partition coefficient (Wildman–Crippen LogP) is 5.54. The Bertz CT molecular complexity index is 1390. The van der Waals surface area contributed by atoms with Gasteiger partial charge in [0.1, 0.15) is 0 Å². The van der Waals surface area contributed by atoms with Gasteiger partial charge in [0.25, 0.3) is 0 Å². The molecule has 0 aliphatic heterocycles. The molecule has 0 radical (unpaired) electrons. The van der Waals surface area contributed by atoms with Crippen molar-refractivity contribution >= 4 is 22.8 Å². The molecule has 0 saturated heterocycles. The van der Waals surface area contributed by atoms with Crippen LogP contribution in [0.2, 0.25) is 0 Å². The zero-order chi connectivity index (χ0) is 25.5. The molecule has 0 bridgehead atoms. The number of carbonyl (C=O) groups is 1. The molecule has 0 atom stereocenters. The lowest BCUT2D eigenvalue weighted by molar-refractivity contribution is -0.153.